The Morgan fingerprint density at radius 3 is 1.47 bits per heavy atom. The van der Waals surface area contributed by atoms with Crippen molar-refractivity contribution in [3.05, 3.63) is 104 Å². The molecule has 0 saturated carbocycles. The Balaban J connectivity index is 0.00000196. The van der Waals surface area contributed by atoms with Crippen LogP contribution in [-0.2, 0) is 27.5 Å². The molecule has 0 aliphatic rings. The fraction of sp³-hybridized carbons (Fsp3) is 0.462. The molecule has 2 aromatic heterocycles. The third-order valence-corrected chi connectivity index (χ3v) is 12.6. The van der Waals surface area contributed by atoms with Gasteiger partial charge in [-0.25, -0.2) is 4.79 Å². The van der Waals surface area contributed by atoms with E-state index in [4.69, 9.17) is 20.1 Å². The summed E-state index contributed by atoms with van der Waals surface area (Å²) in [5, 5.41) is 47.8. The standard InChI is InChI=1S/C50H62N6O6.C2H4O2/c1-6-10-16-35(8-3)32-53-47-24-20-37(28-41(47)43-30-39(55(58)59)22-26-49(43)53)45(51)18-14-12-13-15-19-46(52-62-34(5)57)38-21-25-48-42(29-38)44-31-40(56(60)61)23-27-50(44)54(48)33-36(9-4)17-11-7-2;1-2(3)4/h20-31,35-36,51H,6-19,32-33H2,1-5H3;1H3,(H,3,4)/b51-45?,52-46+;. The fourth-order valence-electron chi connectivity index (χ4n) is 8.98. The molecule has 0 aliphatic heterocycles. The van der Waals surface area contributed by atoms with Gasteiger partial charge in [-0.1, -0.05) is 96.3 Å². The minimum Gasteiger partial charge on any atom is -0.481 e. The number of carbonyl (C=O) groups is 2. The van der Waals surface area contributed by atoms with Crippen molar-refractivity contribution in [1.29, 1.82) is 5.41 Å². The number of aliphatic carboxylic acids is 1. The van der Waals surface area contributed by atoms with Crippen molar-refractivity contribution in [1.82, 2.24) is 9.13 Å². The molecule has 0 amide bonds. The third-order valence-electron chi connectivity index (χ3n) is 12.6. The van der Waals surface area contributed by atoms with Crippen LogP contribution >= 0.6 is 0 Å². The fourth-order valence-corrected chi connectivity index (χ4v) is 8.98. The van der Waals surface area contributed by atoms with Crippen LogP contribution in [0.5, 0.6) is 0 Å². The van der Waals surface area contributed by atoms with Gasteiger partial charge in [0.05, 0.1) is 15.6 Å². The number of rotatable bonds is 24. The highest BCUT2D eigenvalue weighted by atomic mass is 16.7. The van der Waals surface area contributed by atoms with Crippen LogP contribution in [0.2, 0.25) is 0 Å². The maximum absolute atomic E-state index is 11.9. The van der Waals surface area contributed by atoms with E-state index in [0.29, 0.717) is 36.1 Å². The van der Waals surface area contributed by atoms with Gasteiger partial charge in [0.1, 0.15) is 0 Å². The van der Waals surface area contributed by atoms with Crippen LogP contribution in [0.3, 0.4) is 0 Å². The summed E-state index contributed by atoms with van der Waals surface area (Å²) in [5.41, 5.74) is 6.90. The van der Waals surface area contributed by atoms with E-state index >= 15 is 0 Å². The first-order chi connectivity index (χ1) is 31.7. The lowest BCUT2D eigenvalue weighted by molar-refractivity contribution is -0.384. The van der Waals surface area contributed by atoms with E-state index < -0.39 is 11.9 Å². The molecule has 14 nitrogen and oxygen atoms in total. The molecule has 14 heteroatoms. The molecule has 352 valence electrons. The van der Waals surface area contributed by atoms with Crippen molar-refractivity contribution in [3.63, 3.8) is 0 Å². The lowest BCUT2D eigenvalue weighted by Gasteiger charge is -2.17. The first-order valence-corrected chi connectivity index (χ1v) is 23.6. The second-order valence-corrected chi connectivity index (χ2v) is 17.5. The monoisotopic (exact) mass is 902 g/mol. The number of carbonyl (C=O) groups excluding carboxylic acids is 1. The zero-order valence-electron chi connectivity index (χ0n) is 39.4. The Morgan fingerprint density at radius 2 is 1.05 bits per heavy atom. The van der Waals surface area contributed by atoms with Crippen LogP contribution in [0.4, 0.5) is 11.4 Å². The van der Waals surface area contributed by atoms with E-state index in [1.165, 1.54) is 13.3 Å². The third kappa shape index (κ3) is 12.9. The number of benzene rings is 4. The van der Waals surface area contributed by atoms with Gasteiger partial charge in [0, 0.05) is 106 Å². The van der Waals surface area contributed by atoms with Gasteiger partial charge in [0.25, 0.3) is 17.3 Å². The van der Waals surface area contributed by atoms with E-state index in [2.05, 4.69) is 54.1 Å². The van der Waals surface area contributed by atoms with Crippen LogP contribution in [-0.4, -0.2) is 47.4 Å². The van der Waals surface area contributed by atoms with Gasteiger partial charge in [-0.05, 0) is 92.3 Å². The number of hydrogen-bond donors (Lipinski definition) is 2. The van der Waals surface area contributed by atoms with Crippen LogP contribution < -0.4 is 0 Å². The zero-order chi connectivity index (χ0) is 47.9. The van der Waals surface area contributed by atoms with E-state index in [-0.39, 0.29) is 21.2 Å². The molecule has 0 spiro atoms. The summed E-state index contributed by atoms with van der Waals surface area (Å²) in [7, 11) is 0. The molecule has 6 rings (SSSR count). The Hall–Kier alpha value is -6.44. The topological polar surface area (TPSA) is 196 Å². The molecular formula is C52H66N6O8. The average molecular weight is 903 g/mol. The van der Waals surface area contributed by atoms with Crippen LogP contribution in [0, 0.1) is 37.5 Å². The summed E-state index contributed by atoms with van der Waals surface area (Å²) < 4.78 is 4.60. The maximum atomic E-state index is 11.9. The summed E-state index contributed by atoms with van der Waals surface area (Å²) in [6, 6.07) is 22.4. The molecule has 0 fully saturated rings. The van der Waals surface area contributed by atoms with Gasteiger partial charge in [-0.15, -0.1) is 0 Å². The highest BCUT2D eigenvalue weighted by molar-refractivity contribution is 6.13. The number of aromatic nitrogens is 2. The normalized spacial score (nSPS) is 12.6. The molecule has 0 bridgehead atoms. The number of unbranched alkanes of at least 4 members (excludes halogenated alkanes) is 5. The SMILES string of the molecule is CC(=O)O.CCCCC(CC)Cn1c2ccc(C(=N)CCCCCC/C(=N\OC(C)=O)c3ccc4c(c3)c3cc([N+](=O)[O-])ccc3n4CC(CC)CCCC)cc2c2cc([N+](=O)[O-])ccc21. The molecule has 6 aromatic rings. The van der Waals surface area contributed by atoms with Crippen molar-refractivity contribution in [3.8, 4) is 0 Å². The molecule has 4 aromatic carbocycles. The second kappa shape index (κ2) is 24.2. The Morgan fingerprint density at radius 1 is 0.636 bits per heavy atom. The quantitative estimate of drug-likeness (QED) is 0.0197. The van der Waals surface area contributed by atoms with Gasteiger partial charge >= 0.3 is 5.97 Å². The van der Waals surface area contributed by atoms with Crippen LogP contribution in [0.15, 0.2) is 78.0 Å². The smallest absolute Gasteiger partial charge is 0.331 e. The summed E-state index contributed by atoms with van der Waals surface area (Å²) in [4.78, 5) is 49.0. The lowest BCUT2D eigenvalue weighted by Crippen LogP contribution is -2.10. The average Bonchev–Trinajstić information content (AvgIpc) is 3.77. The minimum atomic E-state index is -0.833. The van der Waals surface area contributed by atoms with Gasteiger partial charge in [-0.2, -0.15) is 0 Å². The second-order valence-electron chi connectivity index (χ2n) is 17.5. The summed E-state index contributed by atoms with van der Waals surface area (Å²) >= 11 is 0. The summed E-state index contributed by atoms with van der Waals surface area (Å²) in [5.74, 6) is -0.354. The van der Waals surface area contributed by atoms with Gasteiger partial charge < -0.3 is 24.5 Å². The highest BCUT2D eigenvalue weighted by Crippen LogP contribution is 2.36. The predicted octanol–water partition coefficient (Wildman–Crippen LogP) is 13.9. The number of carboxylic acid groups (broad SMARTS) is 1. The molecule has 0 aliphatic carbocycles. The summed E-state index contributed by atoms with van der Waals surface area (Å²) in [6.45, 7) is 12.9. The number of fused-ring (bicyclic) bond motifs is 6. The van der Waals surface area contributed by atoms with E-state index in [1.54, 1.807) is 24.3 Å². The molecule has 2 atom stereocenters. The van der Waals surface area contributed by atoms with E-state index in [1.807, 2.05) is 36.4 Å². The van der Waals surface area contributed by atoms with Gasteiger partial charge in [0.2, 0.25) is 0 Å². The number of nitrogens with one attached hydrogen (secondary N) is 1. The molecule has 66 heavy (non-hydrogen) atoms. The van der Waals surface area contributed by atoms with Crippen LogP contribution in [0.25, 0.3) is 43.6 Å². The molecule has 2 heterocycles. The summed E-state index contributed by atoms with van der Waals surface area (Å²) in [6.07, 6.45) is 13.5. The van der Waals surface area contributed by atoms with Crippen molar-refractivity contribution < 1.29 is 29.4 Å². The molecule has 2 N–H and O–H groups in total. The molecule has 0 radical (unpaired) electrons. The zero-order valence-corrected chi connectivity index (χ0v) is 39.4. The van der Waals surface area contributed by atoms with Crippen molar-refractivity contribution in [2.45, 2.75) is 145 Å². The molecule has 2 unspecified atom stereocenters. The first kappa shape index (κ1) is 50.6. The number of oxime groups is 1. The number of carboxylic acids is 1. The minimum absolute atomic E-state index is 0.0413. The first-order valence-electron chi connectivity index (χ1n) is 23.6. The number of nitro groups is 2. The number of non-ortho nitro benzene ring substituents is 2. The largest absolute Gasteiger partial charge is 0.481 e. The van der Waals surface area contributed by atoms with E-state index in [9.17, 15) is 25.0 Å². The van der Waals surface area contributed by atoms with Crippen molar-refractivity contribution in [2.24, 2.45) is 17.0 Å². The van der Waals surface area contributed by atoms with Crippen molar-refractivity contribution >= 4 is 78.3 Å². The Kier molecular flexibility index (Phi) is 18.5. The Labute approximate surface area is 386 Å². The molecular weight excluding hydrogens is 837 g/mol. The predicted molar refractivity (Wildman–Crippen MR) is 265 cm³/mol. The molecule has 0 saturated heterocycles. The van der Waals surface area contributed by atoms with E-state index in [0.717, 1.165) is 145 Å². The number of nitrogens with zero attached hydrogens (tertiary/aromatic N) is 5. The maximum Gasteiger partial charge on any atom is 0.331 e. The number of nitro benzene ring substituents is 2. The van der Waals surface area contributed by atoms with Crippen molar-refractivity contribution in [2.75, 3.05) is 0 Å². The number of hydrogen-bond acceptors (Lipinski definition) is 9. The van der Waals surface area contributed by atoms with Crippen LogP contribution in [0.1, 0.15) is 143 Å². The van der Waals surface area contributed by atoms with Gasteiger partial charge in [-0.3, -0.25) is 25.0 Å². The Bertz CT molecular complexity index is 2710. The highest BCUT2D eigenvalue weighted by Gasteiger charge is 2.21. The lowest BCUT2D eigenvalue weighted by atomic mass is 9.98. The van der Waals surface area contributed by atoms with Gasteiger partial charge in [0.15, 0.2) is 0 Å².